The summed E-state index contributed by atoms with van der Waals surface area (Å²) in [5, 5.41) is 1.38. The molecule has 0 atom stereocenters. The first-order valence-electron chi connectivity index (χ1n) is 8.25. The van der Waals surface area contributed by atoms with Crippen molar-refractivity contribution in [1.82, 2.24) is 9.55 Å². The van der Waals surface area contributed by atoms with Crippen LogP contribution in [0.15, 0.2) is 63.8 Å². The van der Waals surface area contributed by atoms with E-state index in [1.54, 1.807) is 37.3 Å². The fraction of sp³-hybridized carbons (Fsp3) is 0.150. The Kier molecular flexibility index (Phi) is 4.01. The molecule has 2 aromatic carbocycles. The predicted octanol–water partition coefficient (Wildman–Crippen LogP) is 3.31. The average molecular weight is 348 g/mol. The van der Waals surface area contributed by atoms with Crippen molar-refractivity contribution in [3.63, 3.8) is 0 Å². The van der Waals surface area contributed by atoms with Gasteiger partial charge in [0.15, 0.2) is 0 Å². The molecule has 0 amide bonds. The number of furan rings is 1. The van der Waals surface area contributed by atoms with Gasteiger partial charge in [0.05, 0.1) is 17.4 Å². The van der Waals surface area contributed by atoms with Crippen LogP contribution >= 0.6 is 0 Å². The molecule has 0 aliphatic heterocycles. The van der Waals surface area contributed by atoms with Crippen molar-refractivity contribution in [3.05, 3.63) is 76.5 Å². The Bertz CT molecular complexity index is 1140. The fourth-order valence-electron chi connectivity index (χ4n) is 2.93. The molecule has 130 valence electrons. The van der Waals surface area contributed by atoms with Crippen LogP contribution in [0.25, 0.3) is 21.9 Å². The highest BCUT2D eigenvalue weighted by Crippen LogP contribution is 2.19. The van der Waals surface area contributed by atoms with Gasteiger partial charge in [-0.05, 0) is 31.2 Å². The Hall–Kier alpha value is -3.41. The highest BCUT2D eigenvalue weighted by molar-refractivity contribution is 5.92. The number of nitrogens with zero attached hydrogens (tertiary/aromatic N) is 2. The van der Waals surface area contributed by atoms with E-state index in [1.807, 2.05) is 24.3 Å². The minimum absolute atomic E-state index is 0.0522. The molecule has 0 N–H and O–H groups in total. The van der Waals surface area contributed by atoms with Crippen molar-refractivity contribution in [3.8, 4) is 0 Å². The minimum Gasteiger partial charge on any atom is -0.458 e. The van der Waals surface area contributed by atoms with Crippen molar-refractivity contribution in [2.24, 2.45) is 0 Å². The van der Waals surface area contributed by atoms with E-state index in [0.717, 1.165) is 5.39 Å². The van der Waals surface area contributed by atoms with Gasteiger partial charge in [-0.15, -0.1) is 0 Å². The second kappa shape index (κ2) is 6.48. The SMILES string of the molecule is Cc1nc2ccccc2c(=O)n1CCOC(=O)c1cc2ccccc2o1. The zero-order valence-electron chi connectivity index (χ0n) is 14.1. The highest BCUT2D eigenvalue weighted by atomic mass is 16.5. The minimum atomic E-state index is -0.555. The molecule has 6 heteroatoms. The standard InChI is InChI=1S/C20H16N2O4/c1-13-21-16-8-4-3-7-15(16)19(23)22(13)10-11-25-20(24)18-12-14-6-2-5-9-17(14)26-18/h2-9,12H,10-11H2,1H3. The van der Waals surface area contributed by atoms with Crippen LogP contribution < -0.4 is 5.56 Å². The van der Waals surface area contributed by atoms with Crippen LogP contribution in [0, 0.1) is 6.92 Å². The van der Waals surface area contributed by atoms with E-state index in [0.29, 0.717) is 22.3 Å². The molecule has 0 bridgehead atoms. The van der Waals surface area contributed by atoms with E-state index in [2.05, 4.69) is 4.98 Å². The third-order valence-corrected chi connectivity index (χ3v) is 4.23. The molecule has 2 heterocycles. The molecule has 0 aliphatic rings. The third kappa shape index (κ3) is 2.86. The number of aryl methyl sites for hydroxylation is 1. The van der Waals surface area contributed by atoms with Gasteiger partial charge in [0.1, 0.15) is 18.0 Å². The summed E-state index contributed by atoms with van der Waals surface area (Å²) in [4.78, 5) is 29.2. The normalized spacial score (nSPS) is 11.1. The van der Waals surface area contributed by atoms with E-state index in [4.69, 9.17) is 9.15 Å². The van der Waals surface area contributed by atoms with Crippen molar-refractivity contribution in [2.45, 2.75) is 13.5 Å². The summed E-state index contributed by atoms with van der Waals surface area (Å²) in [6.07, 6.45) is 0. The number of fused-ring (bicyclic) bond motifs is 2. The predicted molar refractivity (Wildman–Crippen MR) is 97.2 cm³/mol. The van der Waals surface area contributed by atoms with Crippen LogP contribution in [0.5, 0.6) is 0 Å². The Labute approximate surface area is 148 Å². The van der Waals surface area contributed by atoms with Crippen molar-refractivity contribution in [2.75, 3.05) is 6.61 Å². The molecule has 0 fully saturated rings. The summed E-state index contributed by atoms with van der Waals surface area (Å²) in [5.74, 6) is 0.168. The van der Waals surface area contributed by atoms with Gasteiger partial charge in [-0.2, -0.15) is 0 Å². The summed E-state index contributed by atoms with van der Waals surface area (Å²) in [6, 6.07) is 16.2. The lowest BCUT2D eigenvalue weighted by atomic mass is 10.2. The first-order chi connectivity index (χ1) is 12.6. The second-order valence-corrected chi connectivity index (χ2v) is 5.92. The quantitative estimate of drug-likeness (QED) is 0.529. The van der Waals surface area contributed by atoms with Crippen LogP contribution in [0.2, 0.25) is 0 Å². The van der Waals surface area contributed by atoms with Gasteiger partial charge < -0.3 is 9.15 Å². The van der Waals surface area contributed by atoms with Crippen LogP contribution in [-0.2, 0) is 11.3 Å². The molecular weight excluding hydrogens is 332 g/mol. The fourth-order valence-corrected chi connectivity index (χ4v) is 2.93. The average Bonchev–Trinajstić information content (AvgIpc) is 3.08. The van der Waals surface area contributed by atoms with Crippen molar-refractivity contribution in [1.29, 1.82) is 0 Å². The van der Waals surface area contributed by atoms with Crippen molar-refractivity contribution < 1.29 is 13.9 Å². The van der Waals surface area contributed by atoms with Crippen molar-refractivity contribution >= 4 is 27.8 Å². The Morgan fingerprint density at radius 1 is 1.15 bits per heavy atom. The Balaban J connectivity index is 1.50. The summed E-state index contributed by atoms with van der Waals surface area (Å²) in [5.41, 5.74) is 1.14. The zero-order valence-corrected chi connectivity index (χ0v) is 14.1. The molecule has 4 rings (SSSR count). The van der Waals surface area contributed by atoms with E-state index < -0.39 is 5.97 Å². The van der Waals surface area contributed by atoms with Gasteiger partial charge in [0, 0.05) is 5.39 Å². The molecule has 0 spiro atoms. The second-order valence-electron chi connectivity index (χ2n) is 5.92. The number of hydrogen-bond acceptors (Lipinski definition) is 5. The molecule has 0 aliphatic carbocycles. The van der Waals surface area contributed by atoms with Gasteiger partial charge in [-0.1, -0.05) is 30.3 Å². The van der Waals surface area contributed by atoms with Gasteiger partial charge in [0.2, 0.25) is 5.76 Å². The molecular formula is C20H16N2O4. The van der Waals surface area contributed by atoms with Gasteiger partial charge in [-0.3, -0.25) is 9.36 Å². The molecule has 0 saturated carbocycles. The molecule has 6 nitrogen and oxygen atoms in total. The monoisotopic (exact) mass is 348 g/mol. The van der Waals surface area contributed by atoms with E-state index in [-0.39, 0.29) is 24.5 Å². The topological polar surface area (TPSA) is 74.3 Å². The number of esters is 1. The maximum Gasteiger partial charge on any atom is 0.374 e. The number of hydrogen-bond donors (Lipinski definition) is 0. The molecule has 26 heavy (non-hydrogen) atoms. The van der Waals surface area contributed by atoms with E-state index >= 15 is 0 Å². The smallest absolute Gasteiger partial charge is 0.374 e. The van der Waals surface area contributed by atoms with Crippen LogP contribution in [-0.4, -0.2) is 22.1 Å². The van der Waals surface area contributed by atoms with Crippen LogP contribution in [0.1, 0.15) is 16.4 Å². The summed E-state index contributed by atoms with van der Waals surface area (Å²) in [6.45, 7) is 2.04. The third-order valence-electron chi connectivity index (χ3n) is 4.23. The number of aromatic nitrogens is 2. The van der Waals surface area contributed by atoms with E-state index in [9.17, 15) is 9.59 Å². The van der Waals surface area contributed by atoms with Gasteiger partial charge in [0.25, 0.3) is 5.56 Å². The number of ether oxygens (including phenoxy) is 1. The summed E-state index contributed by atoms with van der Waals surface area (Å²) < 4.78 is 12.3. The maximum atomic E-state index is 12.6. The number of carbonyl (C=O) groups excluding carboxylic acids is 1. The number of benzene rings is 2. The number of carbonyl (C=O) groups is 1. The Morgan fingerprint density at radius 3 is 2.77 bits per heavy atom. The Morgan fingerprint density at radius 2 is 1.92 bits per heavy atom. The van der Waals surface area contributed by atoms with Crippen LogP contribution in [0.4, 0.5) is 0 Å². The lowest BCUT2D eigenvalue weighted by Gasteiger charge is -2.10. The van der Waals surface area contributed by atoms with E-state index in [1.165, 1.54) is 4.57 Å². The van der Waals surface area contributed by atoms with Crippen LogP contribution in [0.3, 0.4) is 0 Å². The molecule has 0 unspecified atom stereocenters. The van der Waals surface area contributed by atoms with Gasteiger partial charge >= 0.3 is 5.97 Å². The zero-order chi connectivity index (χ0) is 18.1. The summed E-state index contributed by atoms with van der Waals surface area (Å²) >= 11 is 0. The summed E-state index contributed by atoms with van der Waals surface area (Å²) in [7, 11) is 0. The lowest BCUT2D eigenvalue weighted by molar-refractivity contribution is 0.0455. The molecule has 4 aromatic rings. The largest absolute Gasteiger partial charge is 0.458 e. The number of para-hydroxylation sites is 2. The highest BCUT2D eigenvalue weighted by Gasteiger charge is 2.14. The number of rotatable bonds is 4. The molecule has 2 aromatic heterocycles. The first-order valence-corrected chi connectivity index (χ1v) is 8.25. The molecule has 0 saturated heterocycles. The maximum absolute atomic E-state index is 12.6. The molecule has 0 radical (unpaired) electrons. The lowest BCUT2D eigenvalue weighted by Crippen LogP contribution is -2.26. The first kappa shape index (κ1) is 16.1. The van der Waals surface area contributed by atoms with Gasteiger partial charge in [-0.25, -0.2) is 9.78 Å².